The molecule has 98 valence electrons. The lowest BCUT2D eigenvalue weighted by Crippen LogP contribution is -2.50. The second-order valence-electron chi connectivity index (χ2n) is 4.82. The van der Waals surface area contributed by atoms with Gasteiger partial charge in [0.05, 0.1) is 5.69 Å². The molecule has 1 fully saturated rings. The van der Waals surface area contributed by atoms with E-state index in [0.717, 1.165) is 36.8 Å². The number of hydrogen-bond acceptors (Lipinski definition) is 5. The molecule has 18 heavy (non-hydrogen) atoms. The molecule has 3 rings (SSSR count). The molecule has 0 saturated carbocycles. The lowest BCUT2D eigenvalue weighted by atomic mass is 10.1. The second-order valence-corrected chi connectivity index (χ2v) is 4.82. The largest absolute Gasteiger partial charge is 0.482 e. The van der Waals surface area contributed by atoms with E-state index in [4.69, 9.17) is 15.2 Å². The third kappa shape index (κ3) is 2.00. The minimum Gasteiger partial charge on any atom is -0.482 e. The Labute approximate surface area is 107 Å². The summed E-state index contributed by atoms with van der Waals surface area (Å²) in [6.07, 6.45) is -0.367. The van der Waals surface area contributed by atoms with Crippen molar-refractivity contribution in [2.24, 2.45) is 5.73 Å². The third-order valence-electron chi connectivity index (χ3n) is 3.44. The van der Waals surface area contributed by atoms with Crippen molar-refractivity contribution in [3.8, 4) is 11.5 Å². The summed E-state index contributed by atoms with van der Waals surface area (Å²) in [7, 11) is 0. The molecule has 0 radical (unpaired) electrons. The number of rotatable bonds is 1. The quantitative estimate of drug-likeness (QED) is 0.761. The average Bonchev–Trinajstić information content (AvgIpc) is 2.38. The maximum atomic E-state index is 5.76. The van der Waals surface area contributed by atoms with Gasteiger partial charge < -0.3 is 19.7 Å². The molecule has 0 aromatic heterocycles. The first-order chi connectivity index (χ1) is 8.75. The van der Waals surface area contributed by atoms with Crippen LogP contribution in [0.4, 0.5) is 5.69 Å². The van der Waals surface area contributed by atoms with Crippen molar-refractivity contribution >= 4 is 5.69 Å². The summed E-state index contributed by atoms with van der Waals surface area (Å²) in [5, 5.41) is 3.39. The number of nitrogens with zero attached hydrogens (tertiary/aromatic N) is 1. The lowest BCUT2D eigenvalue weighted by Gasteiger charge is -2.38. The van der Waals surface area contributed by atoms with Crippen LogP contribution in [0.25, 0.3) is 0 Å². The zero-order chi connectivity index (χ0) is 12.5. The van der Waals surface area contributed by atoms with Gasteiger partial charge in [0.15, 0.2) is 17.7 Å². The molecule has 0 aliphatic carbocycles. The summed E-state index contributed by atoms with van der Waals surface area (Å²) >= 11 is 0. The normalized spacial score (nSPS) is 27.1. The van der Waals surface area contributed by atoms with E-state index in [-0.39, 0.29) is 6.23 Å². The van der Waals surface area contributed by atoms with Gasteiger partial charge in [-0.05, 0) is 19.1 Å². The zero-order valence-corrected chi connectivity index (χ0v) is 10.6. The Bertz CT molecular complexity index is 438. The summed E-state index contributed by atoms with van der Waals surface area (Å²) in [6.45, 7) is 5.58. The number of nitrogens with two attached hydrogens (primary N) is 1. The third-order valence-corrected chi connectivity index (χ3v) is 3.44. The zero-order valence-electron chi connectivity index (χ0n) is 10.6. The highest BCUT2D eigenvalue weighted by molar-refractivity contribution is 5.66. The SMILES string of the molecule is CC1CNCCN1c1cccc2c1OCC(N)O2. The molecule has 2 aliphatic heterocycles. The van der Waals surface area contributed by atoms with Gasteiger partial charge in [-0.15, -0.1) is 0 Å². The van der Waals surface area contributed by atoms with Crippen LogP contribution in [0.15, 0.2) is 18.2 Å². The fraction of sp³-hybridized carbons (Fsp3) is 0.538. The molecule has 2 heterocycles. The number of fused-ring (bicyclic) bond motifs is 1. The monoisotopic (exact) mass is 249 g/mol. The molecule has 5 nitrogen and oxygen atoms in total. The van der Waals surface area contributed by atoms with Gasteiger partial charge in [-0.3, -0.25) is 5.73 Å². The van der Waals surface area contributed by atoms with Crippen molar-refractivity contribution in [2.45, 2.75) is 19.2 Å². The Kier molecular flexibility index (Phi) is 3.01. The highest BCUT2D eigenvalue weighted by Crippen LogP contribution is 2.40. The topological polar surface area (TPSA) is 59.8 Å². The standard InChI is InChI=1S/C13H19N3O2/c1-9-7-15-5-6-16(9)10-3-2-4-11-13(10)17-8-12(14)18-11/h2-4,9,12,15H,5-8,14H2,1H3. The van der Waals surface area contributed by atoms with E-state index in [2.05, 4.69) is 23.2 Å². The predicted octanol–water partition coefficient (Wildman–Crippen LogP) is 0.541. The number of piperazine rings is 1. The van der Waals surface area contributed by atoms with Gasteiger partial charge in [0.25, 0.3) is 0 Å². The Hall–Kier alpha value is -1.46. The second kappa shape index (κ2) is 4.66. The van der Waals surface area contributed by atoms with Crippen molar-refractivity contribution in [1.29, 1.82) is 0 Å². The summed E-state index contributed by atoms with van der Waals surface area (Å²) in [5.41, 5.74) is 6.84. The number of para-hydroxylation sites is 1. The van der Waals surface area contributed by atoms with Crippen molar-refractivity contribution < 1.29 is 9.47 Å². The molecule has 1 saturated heterocycles. The Balaban J connectivity index is 1.94. The summed E-state index contributed by atoms with van der Waals surface area (Å²) < 4.78 is 11.4. The summed E-state index contributed by atoms with van der Waals surface area (Å²) in [6, 6.07) is 6.43. The van der Waals surface area contributed by atoms with Crippen LogP contribution >= 0.6 is 0 Å². The van der Waals surface area contributed by atoms with Gasteiger partial charge >= 0.3 is 0 Å². The van der Waals surface area contributed by atoms with Gasteiger partial charge in [-0.2, -0.15) is 0 Å². The molecular weight excluding hydrogens is 230 g/mol. The smallest absolute Gasteiger partial charge is 0.184 e. The number of benzene rings is 1. The van der Waals surface area contributed by atoms with Crippen LogP contribution in [0.5, 0.6) is 11.5 Å². The Morgan fingerprint density at radius 3 is 3.17 bits per heavy atom. The van der Waals surface area contributed by atoms with Crippen LogP contribution in [0.2, 0.25) is 0 Å². The highest BCUT2D eigenvalue weighted by Gasteiger charge is 2.26. The minimum atomic E-state index is -0.367. The van der Waals surface area contributed by atoms with E-state index in [0.29, 0.717) is 12.6 Å². The fourth-order valence-corrected chi connectivity index (χ4v) is 2.53. The molecule has 1 aromatic rings. The van der Waals surface area contributed by atoms with E-state index in [1.54, 1.807) is 0 Å². The van der Waals surface area contributed by atoms with Crippen LogP contribution in [-0.2, 0) is 0 Å². The molecule has 2 unspecified atom stereocenters. The molecule has 5 heteroatoms. The number of anilines is 1. The molecule has 0 spiro atoms. The molecular formula is C13H19N3O2. The van der Waals surface area contributed by atoms with Crippen molar-refractivity contribution in [3.63, 3.8) is 0 Å². The van der Waals surface area contributed by atoms with Gasteiger partial charge in [-0.25, -0.2) is 0 Å². The van der Waals surface area contributed by atoms with Crippen LogP contribution in [0.1, 0.15) is 6.92 Å². The van der Waals surface area contributed by atoms with Gasteiger partial charge in [0, 0.05) is 25.7 Å². The summed E-state index contributed by atoms with van der Waals surface area (Å²) in [4.78, 5) is 2.36. The highest BCUT2D eigenvalue weighted by atomic mass is 16.6. The Morgan fingerprint density at radius 1 is 1.44 bits per heavy atom. The molecule has 1 aromatic carbocycles. The number of ether oxygens (including phenoxy) is 2. The van der Waals surface area contributed by atoms with E-state index in [9.17, 15) is 0 Å². The van der Waals surface area contributed by atoms with E-state index >= 15 is 0 Å². The summed E-state index contributed by atoms with van der Waals surface area (Å²) in [5.74, 6) is 1.57. The van der Waals surface area contributed by atoms with Crippen LogP contribution in [0.3, 0.4) is 0 Å². The predicted molar refractivity (Wildman–Crippen MR) is 70.2 cm³/mol. The van der Waals surface area contributed by atoms with Crippen LogP contribution in [0, 0.1) is 0 Å². The van der Waals surface area contributed by atoms with E-state index in [1.807, 2.05) is 12.1 Å². The lowest BCUT2D eigenvalue weighted by molar-refractivity contribution is 0.0960. The van der Waals surface area contributed by atoms with Gasteiger partial charge in [0.2, 0.25) is 0 Å². The van der Waals surface area contributed by atoms with Crippen LogP contribution < -0.4 is 25.4 Å². The van der Waals surface area contributed by atoms with Gasteiger partial charge in [-0.1, -0.05) is 6.07 Å². The minimum absolute atomic E-state index is 0.367. The molecule has 0 bridgehead atoms. The van der Waals surface area contributed by atoms with Crippen LogP contribution in [-0.4, -0.2) is 38.5 Å². The van der Waals surface area contributed by atoms with Crippen molar-refractivity contribution in [2.75, 3.05) is 31.1 Å². The first kappa shape index (κ1) is 11.6. The van der Waals surface area contributed by atoms with Crippen molar-refractivity contribution in [3.05, 3.63) is 18.2 Å². The number of hydrogen-bond donors (Lipinski definition) is 2. The first-order valence-corrected chi connectivity index (χ1v) is 6.41. The van der Waals surface area contributed by atoms with Gasteiger partial charge in [0.1, 0.15) is 6.61 Å². The maximum absolute atomic E-state index is 5.76. The molecule has 0 amide bonds. The fourth-order valence-electron chi connectivity index (χ4n) is 2.53. The number of nitrogens with one attached hydrogen (secondary N) is 1. The molecule has 2 atom stereocenters. The Morgan fingerprint density at radius 2 is 2.33 bits per heavy atom. The van der Waals surface area contributed by atoms with E-state index in [1.165, 1.54) is 0 Å². The van der Waals surface area contributed by atoms with E-state index < -0.39 is 0 Å². The average molecular weight is 249 g/mol. The molecule has 2 aliphatic rings. The first-order valence-electron chi connectivity index (χ1n) is 6.41. The molecule has 3 N–H and O–H groups in total. The van der Waals surface area contributed by atoms with Crippen molar-refractivity contribution in [1.82, 2.24) is 5.32 Å². The maximum Gasteiger partial charge on any atom is 0.184 e.